The summed E-state index contributed by atoms with van der Waals surface area (Å²) in [5, 5.41) is 2.76. The van der Waals surface area contributed by atoms with Crippen LogP contribution in [0.15, 0.2) is 48.5 Å². The zero-order valence-corrected chi connectivity index (χ0v) is 15.3. The minimum absolute atomic E-state index is 0.0740. The number of carbonyl (C=O) groups is 2. The molecule has 0 aromatic heterocycles. The predicted molar refractivity (Wildman–Crippen MR) is 101 cm³/mol. The zero-order valence-electron chi connectivity index (χ0n) is 15.3. The lowest BCUT2D eigenvalue weighted by Crippen LogP contribution is -2.39. The van der Waals surface area contributed by atoms with E-state index in [1.54, 1.807) is 24.1 Å². The van der Waals surface area contributed by atoms with Gasteiger partial charge in [0.05, 0.1) is 7.11 Å². The van der Waals surface area contributed by atoms with Crippen molar-refractivity contribution >= 4 is 17.5 Å². The molecule has 2 aromatic carbocycles. The van der Waals surface area contributed by atoms with E-state index in [1.807, 2.05) is 43.3 Å². The molecule has 2 aromatic rings. The van der Waals surface area contributed by atoms with Gasteiger partial charge in [0.2, 0.25) is 5.91 Å². The maximum Gasteiger partial charge on any atom is 0.258 e. The zero-order chi connectivity index (χ0) is 18.9. The number of para-hydroxylation sites is 2. The molecule has 0 heterocycles. The molecule has 0 atom stereocenters. The number of methoxy groups -OCH3 is 1. The Kier molecular flexibility index (Phi) is 7.02. The smallest absolute Gasteiger partial charge is 0.258 e. The number of hydrogen-bond donors (Lipinski definition) is 1. The van der Waals surface area contributed by atoms with Crippen LogP contribution in [0.5, 0.6) is 11.5 Å². The number of nitrogens with one attached hydrogen (secondary N) is 1. The molecule has 6 heteroatoms. The number of anilines is 1. The van der Waals surface area contributed by atoms with Crippen molar-refractivity contribution in [2.45, 2.75) is 13.8 Å². The molecule has 0 radical (unpaired) electrons. The number of hydrogen-bond acceptors (Lipinski definition) is 4. The highest BCUT2D eigenvalue weighted by atomic mass is 16.5. The Hall–Kier alpha value is -3.02. The molecule has 0 bridgehead atoms. The molecular weight excluding hydrogens is 332 g/mol. The quantitative estimate of drug-likeness (QED) is 0.789. The molecule has 2 amide bonds. The van der Waals surface area contributed by atoms with Crippen molar-refractivity contribution in [1.29, 1.82) is 0 Å². The van der Waals surface area contributed by atoms with E-state index in [4.69, 9.17) is 9.47 Å². The molecular formula is C20H24N2O4. The van der Waals surface area contributed by atoms with Gasteiger partial charge in [-0.2, -0.15) is 0 Å². The van der Waals surface area contributed by atoms with Crippen molar-refractivity contribution in [2.24, 2.45) is 0 Å². The normalized spacial score (nSPS) is 10.1. The second kappa shape index (κ2) is 9.46. The number of amides is 2. The van der Waals surface area contributed by atoms with Crippen molar-refractivity contribution in [1.82, 2.24) is 5.32 Å². The highest BCUT2D eigenvalue weighted by Crippen LogP contribution is 2.25. The number of rotatable bonds is 8. The van der Waals surface area contributed by atoms with E-state index < -0.39 is 0 Å². The number of carbonyl (C=O) groups excluding carboxylic acids is 2. The highest BCUT2D eigenvalue weighted by Gasteiger charge is 2.12. The van der Waals surface area contributed by atoms with Gasteiger partial charge in [0.1, 0.15) is 0 Å². The molecule has 0 aliphatic heterocycles. The molecule has 0 unspecified atom stereocenters. The molecule has 0 fully saturated rings. The second-order valence-electron chi connectivity index (χ2n) is 5.80. The Morgan fingerprint density at radius 2 is 1.81 bits per heavy atom. The molecule has 0 spiro atoms. The van der Waals surface area contributed by atoms with Crippen molar-refractivity contribution in [3.63, 3.8) is 0 Å². The van der Waals surface area contributed by atoms with Crippen molar-refractivity contribution in [3.05, 3.63) is 54.1 Å². The van der Waals surface area contributed by atoms with Gasteiger partial charge in [-0.15, -0.1) is 0 Å². The van der Waals surface area contributed by atoms with Crippen LogP contribution in [-0.4, -0.2) is 38.6 Å². The average molecular weight is 356 g/mol. The fourth-order valence-electron chi connectivity index (χ4n) is 2.50. The van der Waals surface area contributed by atoms with Crippen LogP contribution in [0.25, 0.3) is 0 Å². The van der Waals surface area contributed by atoms with Crippen molar-refractivity contribution < 1.29 is 19.1 Å². The van der Waals surface area contributed by atoms with Gasteiger partial charge in [-0.3, -0.25) is 9.59 Å². The summed E-state index contributed by atoms with van der Waals surface area (Å²) in [5.74, 6) is 0.747. The minimum Gasteiger partial charge on any atom is -0.493 e. The molecule has 0 aliphatic carbocycles. The van der Waals surface area contributed by atoms with E-state index in [0.29, 0.717) is 24.6 Å². The van der Waals surface area contributed by atoms with Gasteiger partial charge in [0.25, 0.3) is 5.91 Å². The summed E-state index contributed by atoms with van der Waals surface area (Å²) in [4.78, 5) is 25.5. The van der Waals surface area contributed by atoms with Gasteiger partial charge in [0.15, 0.2) is 18.1 Å². The second-order valence-corrected chi connectivity index (χ2v) is 5.80. The Morgan fingerprint density at radius 3 is 2.46 bits per heavy atom. The lowest BCUT2D eigenvalue weighted by Gasteiger charge is -2.22. The van der Waals surface area contributed by atoms with E-state index in [0.717, 1.165) is 11.3 Å². The lowest BCUT2D eigenvalue weighted by molar-refractivity contribution is -0.123. The van der Waals surface area contributed by atoms with E-state index in [-0.39, 0.29) is 18.4 Å². The maximum atomic E-state index is 12.0. The third-order valence-corrected chi connectivity index (χ3v) is 3.78. The number of benzene rings is 2. The molecule has 26 heavy (non-hydrogen) atoms. The molecule has 1 N–H and O–H groups in total. The van der Waals surface area contributed by atoms with Crippen LogP contribution in [0.2, 0.25) is 0 Å². The van der Waals surface area contributed by atoms with E-state index in [9.17, 15) is 9.59 Å². The molecule has 2 rings (SSSR count). The summed E-state index contributed by atoms with van der Waals surface area (Å²) in [5.41, 5.74) is 1.89. The Morgan fingerprint density at radius 1 is 1.08 bits per heavy atom. The predicted octanol–water partition coefficient (Wildman–Crippen LogP) is 2.55. The Balaban J connectivity index is 1.83. The topological polar surface area (TPSA) is 67.9 Å². The van der Waals surface area contributed by atoms with E-state index >= 15 is 0 Å². The number of aryl methyl sites for hydroxylation is 1. The fourth-order valence-corrected chi connectivity index (χ4v) is 2.50. The third kappa shape index (κ3) is 5.51. The minimum atomic E-state index is -0.261. The summed E-state index contributed by atoms with van der Waals surface area (Å²) >= 11 is 0. The third-order valence-electron chi connectivity index (χ3n) is 3.78. The molecule has 6 nitrogen and oxygen atoms in total. The highest BCUT2D eigenvalue weighted by molar-refractivity contribution is 5.91. The molecule has 138 valence electrons. The van der Waals surface area contributed by atoms with Gasteiger partial charge in [-0.25, -0.2) is 0 Å². The monoisotopic (exact) mass is 356 g/mol. The molecule has 0 aliphatic rings. The number of ether oxygens (including phenoxy) is 2. The first-order valence-electron chi connectivity index (χ1n) is 8.38. The van der Waals surface area contributed by atoms with E-state index in [2.05, 4.69) is 5.32 Å². The van der Waals surface area contributed by atoms with Crippen LogP contribution in [0.3, 0.4) is 0 Å². The molecule has 0 saturated carbocycles. The van der Waals surface area contributed by atoms with Crippen LogP contribution in [0.1, 0.15) is 12.5 Å². The maximum absolute atomic E-state index is 12.0. The SMILES string of the molecule is COc1ccccc1OCC(=O)NCCN(C(C)=O)c1cccc(C)c1. The van der Waals surface area contributed by atoms with Gasteiger partial charge in [-0.05, 0) is 36.8 Å². The summed E-state index contributed by atoms with van der Waals surface area (Å²) < 4.78 is 10.7. The first kappa shape index (κ1) is 19.3. The van der Waals surface area contributed by atoms with Gasteiger partial charge in [-0.1, -0.05) is 24.3 Å². The van der Waals surface area contributed by atoms with Crippen LogP contribution < -0.4 is 19.7 Å². The van der Waals surface area contributed by atoms with Crippen molar-refractivity contribution in [2.75, 3.05) is 31.7 Å². The van der Waals surface area contributed by atoms with Crippen LogP contribution in [0.4, 0.5) is 5.69 Å². The van der Waals surface area contributed by atoms with Crippen LogP contribution in [-0.2, 0) is 9.59 Å². The molecule has 0 saturated heterocycles. The fraction of sp³-hybridized carbons (Fsp3) is 0.300. The Bertz CT molecular complexity index is 761. The first-order valence-corrected chi connectivity index (χ1v) is 8.38. The lowest BCUT2D eigenvalue weighted by atomic mass is 10.2. The average Bonchev–Trinajstić information content (AvgIpc) is 2.63. The largest absolute Gasteiger partial charge is 0.493 e. The van der Waals surface area contributed by atoms with E-state index in [1.165, 1.54) is 6.92 Å². The Labute approximate surface area is 153 Å². The first-order chi connectivity index (χ1) is 12.5. The van der Waals surface area contributed by atoms with Gasteiger partial charge >= 0.3 is 0 Å². The summed E-state index contributed by atoms with van der Waals surface area (Å²) in [7, 11) is 1.55. The standard InChI is InChI=1S/C20H24N2O4/c1-15-7-6-8-17(13-15)22(16(2)23)12-11-21-20(24)14-26-19-10-5-4-9-18(19)25-3/h4-10,13H,11-12,14H2,1-3H3,(H,21,24). The number of nitrogens with zero attached hydrogens (tertiary/aromatic N) is 1. The van der Waals surface area contributed by atoms with Gasteiger partial charge in [0, 0.05) is 25.7 Å². The van der Waals surface area contributed by atoms with Gasteiger partial charge < -0.3 is 19.7 Å². The van der Waals surface area contributed by atoms with Crippen LogP contribution in [0, 0.1) is 6.92 Å². The summed E-state index contributed by atoms with van der Waals surface area (Å²) in [6, 6.07) is 14.8. The van der Waals surface area contributed by atoms with Crippen molar-refractivity contribution in [3.8, 4) is 11.5 Å². The van der Waals surface area contributed by atoms with Crippen LogP contribution >= 0.6 is 0 Å². The summed E-state index contributed by atoms with van der Waals surface area (Å²) in [6.07, 6.45) is 0. The summed E-state index contributed by atoms with van der Waals surface area (Å²) in [6.45, 7) is 4.08.